The molecule has 0 aliphatic carbocycles. The van der Waals surface area contributed by atoms with E-state index in [1.54, 1.807) is 0 Å². The zero-order valence-electron chi connectivity index (χ0n) is 10.0. The van der Waals surface area contributed by atoms with Crippen LogP contribution in [-0.4, -0.2) is 49.3 Å². The molecule has 2 saturated heterocycles. The minimum Gasteiger partial charge on any atom is -0.377 e. The van der Waals surface area contributed by atoms with Crippen LogP contribution in [0.15, 0.2) is 0 Å². The highest BCUT2D eigenvalue weighted by atomic mass is 16.5. The molecule has 2 rings (SSSR count). The lowest BCUT2D eigenvalue weighted by Gasteiger charge is -2.37. The number of ether oxygens (including phenoxy) is 1. The van der Waals surface area contributed by atoms with Crippen LogP contribution in [0.3, 0.4) is 0 Å². The van der Waals surface area contributed by atoms with Gasteiger partial charge in [-0.1, -0.05) is 6.92 Å². The van der Waals surface area contributed by atoms with Gasteiger partial charge in [-0.05, 0) is 32.7 Å². The van der Waals surface area contributed by atoms with Crippen molar-refractivity contribution in [2.24, 2.45) is 0 Å². The van der Waals surface area contributed by atoms with Gasteiger partial charge >= 0.3 is 0 Å². The number of piperidine rings is 1. The van der Waals surface area contributed by atoms with Crippen molar-refractivity contribution in [3.8, 4) is 0 Å². The van der Waals surface area contributed by atoms with Crippen molar-refractivity contribution in [1.82, 2.24) is 10.2 Å². The Morgan fingerprint density at radius 2 is 2.00 bits per heavy atom. The van der Waals surface area contributed by atoms with Gasteiger partial charge in [-0.2, -0.15) is 0 Å². The minimum atomic E-state index is 0.445. The third kappa shape index (κ3) is 2.71. The lowest BCUT2D eigenvalue weighted by atomic mass is 10.0. The van der Waals surface area contributed by atoms with Gasteiger partial charge in [0.1, 0.15) is 0 Å². The number of rotatable bonds is 3. The smallest absolute Gasteiger partial charge is 0.0703 e. The SMILES string of the molecule is CCNC1CCN(C2CCOC2C)CC1. The van der Waals surface area contributed by atoms with Crippen LogP contribution in [0.5, 0.6) is 0 Å². The van der Waals surface area contributed by atoms with Gasteiger partial charge in [-0.15, -0.1) is 0 Å². The standard InChI is InChI=1S/C12H24N2O/c1-3-13-11-4-7-14(8-5-11)12-6-9-15-10(12)2/h10-13H,3-9H2,1-2H3. The van der Waals surface area contributed by atoms with Gasteiger partial charge in [0.15, 0.2) is 0 Å². The second-order valence-electron chi connectivity index (χ2n) is 4.80. The molecule has 0 saturated carbocycles. The van der Waals surface area contributed by atoms with E-state index < -0.39 is 0 Å². The maximum Gasteiger partial charge on any atom is 0.0703 e. The van der Waals surface area contributed by atoms with Crippen LogP contribution >= 0.6 is 0 Å². The summed E-state index contributed by atoms with van der Waals surface area (Å²) in [5.74, 6) is 0. The van der Waals surface area contributed by atoms with Crippen molar-refractivity contribution in [2.75, 3.05) is 26.2 Å². The first-order valence-electron chi connectivity index (χ1n) is 6.40. The Hall–Kier alpha value is -0.120. The molecular weight excluding hydrogens is 188 g/mol. The lowest BCUT2D eigenvalue weighted by molar-refractivity contribution is 0.0609. The summed E-state index contributed by atoms with van der Waals surface area (Å²) in [5.41, 5.74) is 0. The fourth-order valence-corrected chi connectivity index (χ4v) is 2.92. The molecule has 88 valence electrons. The third-order valence-electron chi connectivity index (χ3n) is 3.83. The molecular formula is C12H24N2O. The van der Waals surface area contributed by atoms with E-state index in [2.05, 4.69) is 24.1 Å². The highest BCUT2D eigenvalue weighted by Gasteiger charge is 2.32. The van der Waals surface area contributed by atoms with Crippen LogP contribution in [0, 0.1) is 0 Å². The first kappa shape index (κ1) is 11.4. The maximum absolute atomic E-state index is 5.64. The molecule has 1 N–H and O–H groups in total. The maximum atomic E-state index is 5.64. The van der Waals surface area contributed by atoms with Gasteiger partial charge in [-0.25, -0.2) is 0 Å². The first-order valence-corrected chi connectivity index (χ1v) is 6.40. The third-order valence-corrected chi connectivity index (χ3v) is 3.83. The molecule has 2 fully saturated rings. The summed E-state index contributed by atoms with van der Waals surface area (Å²) >= 11 is 0. The number of hydrogen-bond acceptors (Lipinski definition) is 3. The molecule has 3 nitrogen and oxygen atoms in total. The van der Waals surface area contributed by atoms with Crippen LogP contribution in [0.25, 0.3) is 0 Å². The average Bonchev–Trinajstić information content (AvgIpc) is 2.66. The first-order chi connectivity index (χ1) is 7.31. The molecule has 0 bridgehead atoms. The van der Waals surface area contributed by atoms with Crippen LogP contribution in [0.2, 0.25) is 0 Å². The minimum absolute atomic E-state index is 0.445. The molecule has 0 aromatic heterocycles. The van der Waals surface area contributed by atoms with Crippen molar-refractivity contribution < 1.29 is 4.74 Å². The largest absolute Gasteiger partial charge is 0.377 e. The molecule has 3 heteroatoms. The molecule has 2 unspecified atom stereocenters. The average molecular weight is 212 g/mol. The second kappa shape index (κ2) is 5.28. The van der Waals surface area contributed by atoms with E-state index in [0.717, 1.165) is 19.2 Å². The molecule has 15 heavy (non-hydrogen) atoms. The highest BCUT2D eigenvalue weighted by Crippen LogP contribution is 2.23. The van der Waals surface area contributed by atoms with E-state index in [1.807, 2.05) is 0 Å². The summed E-state index contributed by atoms with van der Waals surface area (Å²) in [6.45, 7) is 8.96. The number of hydrogen-bond donors (Lipinski definition) is 1. The van der Waals surface area contributed by atoms with Crippen LogP contribution < -0.4 is 5.32 Å². The van der Waals surface area contributed by atoms with Gasteiger partial charge in [0.05, 0.1) is 6.10 Å². The Morgan fingerprint density at radius 1 is 1.27 bits per heavy atom. The summed E-state index contributed by atoms with van der Waals surface area (Å²) in [7, 11) is 0. The van der Waals surface area contributed by atoms with Crippen molar-refractivity contribution in [1.29, 1.82) is 0 Å². The van der Waals surface area contributed by atoms with Gasteiger partial charge in [-0.3, -0.25) is 4.90 Å². The van der Waals surface area contributed by atoms with Crippen molar-refractivity contribution in [3.63, 3.8) is 0 Å². The van der Waals surface area contributed by atoms with Gasteiger partial charge in [0.25, 0.3) is 0 Å². The zero-order valence-corrected chi connectivity index (χ0v) is 10.0. The Labute approximate surface area is 93.2 Å². The fourth-order valence-electron chi connectivity index (χ4n) is 2.92. The van der Waals surface area contributed by atoms with Crippen LogP contribution in [0.4, 0.5) is 0 Å². The molecule has 2 aliphatic heterocycles. The monoisotopic (exact) mass is 212 g/mol. The summed E-state index contributed by atoms with van der Waals surface area (Å²) in [6.07, 6.45) is 4.28. The van der Waals surface area contributed by atoms with Crippen molar-refractivity contribution in [3.05, 3.63) is 0 Å². The van der Waals surface area contributed by atoms with E-state index in [-0.39, 0.29) is 0 Å². The lowest BCUT2D eigenvalue weighted by Crippen LogP contribution is -2.48. The predicted octanol–water partition coefficient (Wildman–Crippen LogP) is 1.24. The van der Waals surface area contributed by atoms with E-state index >= 15 is 0 Å². The Balaban J connectivity index is 1.77. The topological polar surface area (TPSA) is 24.5 Å². The summed E-state index contributed by atoms with van der Waals surface area (Å²) in [4.78, 5) is 2.63. The summed E-state index contributed by atoms with van der Waals surface area (Å²) in [6, 6.07) is 1.44. The van der Waals surface area contributed by atoms with Gasteiger partial charge in [0, 0.05) is 31.8 Å². The Morgan fingerprint density at radius 3 is 2.53 bits per heavy atom. The highest BCUT2D eigenvalue weighted by molar-refractivity contribution is 4.86. The molecule has 0 aromatic carbocycles. The van der Waals surface area contributed by atoms with Crippen LogP contribution in [-0.2, 0) is 4.74 Å². The van der Waals surface area contributed by atoms with Crippen molar-refractivity contribution in [2.45, 2.75) is 51.3 Å². The van der Waals surface area contributed by atoms with Gasteiger partial charge < -0.3 is 10.1 Å². The normalized spacial score (nSPS) is 34.8. The molecule has 0 spiro atoms. The number of likely N-dealkylation sites (tertiary alicyclic amines) is 1. The van der Waals surface area contributed by atoms with E-state index in [0.29, 0.717) is 12.1 Å². The summed E-state index contributed by atoms with van der Waals surface area (Å²) < 4.78 is 5.64. The van der Waals surface area contributed by atoms with E-state index in [4.69, 9.17) is 4.74 Å². The quantitative estimate of drug-likeness (QED) is 0.762. The predicted molar refractivity (Wildman–Crippen MR) is 62.1 cm³/mol. The molecule has 2 heterocycles. The van der Waals surface area contributed by atoms with E-state index in [1.165, 1.54) is 32.4 Å². The molecule has 0 amide bonds. The second-order valence-corrected chi connectivity index (χ2v) is 4.80. The molecule has 0 aromatic rings. The molecule has 2 aliphatic rings. The zero-order chi connectivity index (χ0) is 10.7. The Kier molecular flexibility index (Phi) is 4.00. The molecule has 2 atom stereocenters. The van der Waals surface area contributed by atoms with Crippen molar-refractivity contribution >= 4 is 0 Å². The molecule has 0 radical (unpaired) electrons. The number of nitrogens with one attached hydrogen (secondary N) is 1. The summed E-state index contributed by atoms with van der Waals surface area (Å²) in [5, 5.41) is 3.55. The van der Waals surface area contributed by atoms with E-state index in [9.17, 15) is 0 Å². The Bertz CT molecular complexity index is 190. The fraction of sp³-hybridized carbons (Fsp3) is 1.00. The number of nitrogens with zero attached hydrogens (tertiary/aromatic N) is 1. The van der Waals surface area contributed by atoms with Gasteiger partial charge in [0.2, 0.25) is 0 Å². The van der Waals surface area contributed by atoms with Crippen LogP contribution in [0.1, 0.15) is 33.1 Å².